The Labute approximate surface area is 137 Å². The van der Waals surface area contributed by atoms with Gasteiger partial charge < -0.3 is 5.32 Å². The number of benzene rings is 2. The van der Waals surface area contributed by atoms with Crippen molar-refractivity contribution in [3.8, 4) is 0 Å². The second kappa shape index (κ2) is 7.04. The van der Waals surface area contributed by atoms with Gasteiger partial charge in [0.2, 0.25) is 5.91 Å². The molecule has 1 atom stereocenters. The van der Waals surface area contributed by atoms with Gasteiger partial charge in [0.1, 0.15) is 0 Å². The number of carbonyl (C=O) groups excluding carboxylic acids is 1. The highest BCUT2D eigenvalue weighted by Crippen LogP contribution is 2.34. The van der Waals surface area contributed by atoms with E-state index in [4.69, 9.17) is 11.6 Å². The minimum atomic E-state index is -4.48. The second-order valence-electron chi connectivity index (χ2n) is 5.26. The van der Waals surface area contributed by atoms with Gasteiger partial charge in [-0.1, -0.05) is 48.9 Å². The normalized spacial score (nSPS) is 12.7. The number of halogens is 4. The zero-order chi connectivity index (χ0) is 17.0. The summed E-state index contributed by atoms with van der Waals surface area (Å²) >= 11 is 5.86. The Bertz CT molecular complexity index is 686. The third kappa shape index (κ3) is 4.73. The van der Waals surface area contributed by atoms with Gasteiger partial charge in [-0.2, -0.15) is 13.2 Å². The molecule has 6 heteroatoms. The van der Waals surface area contributed by atoms with E-state index in [9.17, 15) is 18.0 Å². The molecule has 0 radical (unpaired) electrons. The van der Waals surface area contributed by atoms with Crippen LogP contribution in [0.5, 0.6) is 0 Å². The molecule has 0 saturated carbocycles. The Hall–Kier alpha value is -2.01. The summed E-state index contributed by atoms with van der Waals surface area (Å²) in [7, 11) is 0. The molecule has 122 valence electrons. The van der Waals surface area contributed by atoms with E-state index in [1.807, 2.05) is 37.3 Å². The van der Waals surface area contributed by atoms with E-state index in [-0.39, 0.29) is 29.0 Å². The van der Waals surface area contributed by atoms with Gasteiger partial charge >= 0.3 is 6.18 Å². The van der Waals surface area contributed by atoms with Crippen LogP contribution in [0, 0.1) is 0 Å². The van der Waals surface area contributed by atoms with Crippen LogP contribution in [0.4, 0.5) is 18.9 Å². The maximum Gasteiger partial charge on any atom is 0.416 e. The first-order chi connectivity index (χ1) is 10.8. The van der Waals surface area contributed by atoms with Crippen molar-refractivity contribution in [1.29, 1.82) is 0 Å². The Kier molecular flexibility index (Phi) is 5.31. The van der Waals surface area contributed by atoms with Gasteiger partial charge in [-0.25, -0.2) is 0 Å². The van der Waals surface area contributed by atoms with Crippen LogP contribution in [0.15, 0.2) is 48.5 Å². The first-order valence-corrected chi connectivity index (χ1v) is 7.36. The van der Waals surface area contributed by atoms with Crippen molar-refractivity contribution in [2.24, 2.45) is 0 Å². The quantitative estimate of drug-likeness (QED) is 0.782. The first kappa shape index (κ1) is 17.3. The fraction of sp³-hybridized carbons (Fsp3) is 0.235. The number of carbonyl (C=O) groups is 1. The van der Waals surface area contributed by atoms with Gasteiger partial charge in [-0.15, -0.1) is 0 Å². The van der Waals surface area contributed by atoms with E-state index < -0.39 is 11.7 Å². The van der Waals surface area contributed by atoms with E-state index >= 15 is 0 Å². The number of alkyl halides is 3. The van der Waals surface area contributed by atoms with Crippen LogP contribution in [0.25, 0.3) is 0 Å². The summed E-state index contributed by atoms with van der Waals surface area (Å²) in [5, 5.41) is 2.52. The molecule has 0 saturated heterocycles. The largest absolute Gasteiger partial charge is 0.416 e. The average molecular weight is 342 g/mol. The summed E-state index contributed by atoms with van der Waals surface area (Å²) in [6, 6.07) is 12.3. The molecule has 0 aliphatic heterocycles. The van der Waals surface area contributed by atoms with Crippen molar-refractivity contribution in [2.45, 2.75) is 25.4 Å². The van der Waals surface area contributed by atoms with Crippen LogP contribution in [-0.2, 0) is 11.0 Å². The van der Waals surface area contributed by atoms with E-state index in [0.29, 0.717) is 0 Å². The second-order valence-corrected chi connectivity index (χ2v) is 5.66. The summed E-state index contributed by atoms with van der Waals surface area (Å²) in [6.45, 7) is 1.88. The highest BCUT2D eigenvalue weighted by molar-refractivity contribution is 6.33. The fourth-order valence-electron chi connectivity index (χ4n) is 2.18. The third-order valence-corrected chi connectivity index (χ3v) is 3.76. The van der Waals surface area contributed by atoms with E-state index in [1.54, 1.807) is 0 Å². The number of amides is 1. The molecule has 2 aromatic carbocycles. The molecule has 0 bridgehead atoms. The minimum Gasteiger partial charge on any atom is -0.325 e. The predicted octanol–water partition coefficient (Wildman–Crippen LogP) is 5.49. The minimum absolute atomic E-state index is 0.0354. The smallest absolute Gasteiger partial charge is 0.325 e. The summed E-state index contributed by atoms with van der Waals surface area (Å²) in [5.41, 5.74) is 0.0952. The van der Waals surface area contributed by atoms with Gasteiger partial charge in [0.05, 0.1) is 16.3 Å². The fourth-order valence-corrected chi connectivity index (χ4v) is 2.34. The van der Waals surface area contributed by atoms with Gasteiger partial charge in [-0.05, 0) is 29.7 Å². The Morgan fingerprint density at radius 2 is 1.83 bits per heavy atom. The number of hydrogen-bond donors (Lipinski definition) is 1. The molecule has 1 N–H and O–H groups in total. The van der Waals surface area contributed by atoms with E-state index in [1.165, 1.54) is 0 Å². The topological polar surface area (TPSA) is 29.1 Å². The van der Waals surface area contributed by atoms with Crippen LogP contribution >= 0.6 is 11.6 Å². The lowest BCUT2D eigenvalue weighted by Gasteiger charge is -2.14. The molecule has 1 amide bonds. The first-order valence-electron chi connectivity index (χ1n) is 6.99. The molecule has 0 aliphatic carbocycles. The van der Waals surface area contributed by atoms with Gasteiger partial charge in [0.15, 0.2) is 0 Å². The number of anilines is 1. The maximum absolute atomic E-state index is 12.7. The predicted molar refractivity (Wildman–Crippen MR) is 84.6 cm³/mol. The lowest BCUT2D eigenvalue weighted by Crippen LogP contribution is -2.15. The molecule has 2 rings (SSSR count). The molecule has 0 heterocycles. The summed E-state index contributed by atoms with van der Waals surface area (Å²) in [6.07, 6.45) is -4.34. The average Bonchev–Trinajstić information content (AvgIpc) is 2.49. The SMILES string of the molecule is C[C@H](CC(=O)Nc1cc(C(F)(F)F)ccc1Cl)c1ccccc1. The van der Waals surface area contributed by atoms with Crippen LogP contribution in [0.1, 0.15) is 30.4 Å². The van der Waals surface area contributed by atoms with Crippen LogP contribution < -0.4 is 5.32 Å². The third-order valence-electron chi connectivity index (χ3n) is 3.43. The highest BCUT2D eigenvalue weighted by Gasteiger charge is 2.31. The molecule has 0 unspecified atom stereocenters. The Morgan fingerprint density at radius 1 is 1.17 bits per heavy atom. The Morgan fingerprint density at radius 3 is 2.43 bits per heavy atom. The number of nitrogens with one attached hydrogen (secondary N) is 1. The summed E-state index contributed by atoms with van der Waals surface area (Å²) in [5.74, 6) is -0.441. The molecular formula is C17H15ClF3NO. The molecule has 0 aromatic heterocycles. The van der Waals surface area contributed by atoms with Gasteiger partial charge in [0.25, 0.3) is 0 Å². The summed E-state index contributed by atoms with van der Waals surface area (Å²) < 4.78 is 38.1. The zero-order valence-electron chi connectivity index (χ0n) is 12.3. The van der Waals surface area contributed by atoms with Crippen molar-refractivity contribution in [1.82, 2.24) is 0 Å². The van der Waals surface area contributed by atoms with Crippen molar-refractivity contribution in [2.75, 3.05) is 5.32 Å². The number of hydrogen-bond acceptors (Lipinski definition) is 1. The Balaban J connectivity index is 2.08. The number of rotatable bonds is 4. The zero-order valence-corrected chi connectivity index (χ0v) is 13.1. The lowest BCUT2D eigenvalue weighted by molar-refractivity contribution is -0.137. The standard InChI is InChI=1S/C17H15ClF3NO/c1-11(12-5-3-2-4-6-12)9-16(23)22-15-10-13(17(19,20)21)7-8-14(15)18/h2-8,10-11H,9H2,1H3,(H,22,23)/t11-/m1/s1. The maximum atomic E-state index is 12.7. The van der Waals surface area contributed by atoms with Crippen molar-refractivity contribution >= 4 is 23.2 Å². The monoisotopic (exact) mass is 341 g/mol. The van der Waals surface area contributed by atoms with Gasteiger partial charge in [0, 0.05) is 6.42 Å². The summed E-state index contributed by atoms with van der Waals surface area (Å²) in [4.78, 5) is 12.1. The molecule has 2 nitrogen and oxygen atoms in total. The molecule has 0 fully saturated rings. The van der Waals surface area contributed by atoms with Crippen molar-refractivity contribution in [3.63, 3.8) is 0 Å². The molecule has 0 spiro atoms. The van der Waals surface area contributed by atoms with Crippen LogP contribution in [0.2, 0.25) is 5.02 Å². The molecule has 2 aromatic rings. The van der Waals surface area contributed by atoms with E-state index in [2.05, 4.69) is 5.32 Å². The van der Waals surface area contributed by atoms with Crippen LogP contribution in [-0.4, -0.2) is 5.91 Å². The molecule has 23 heavy (non-hydrogen) atoms. The van der Waals surface area contributed by atoms with Crippen LogP contribution in [0.3, 0.4) is 0 Å². The van der Waals surface area contributed by atoms with Crippen molar-refractivity contribution < 1.29 is 18.0 Å². The highest BCUT2D eigenvalue weighted by atomic mass is 35.5. The van der Waals surface area contributed by atoms with E-state index in [0.717, 1.165) is 23.8 Å². The van der Waals surface area contributed by atoms with Gasteiger partial charge in [-0.3, -0.25) is 4.79 Å². The molecule has 0 aliphatic rings. The van der Waals surface area contributed by atoms with Crippen molar-refractivity contribution in [3.05, 3.63) is 64.7 Å². The molecular weight excluding hydrogens is 327 g/mol. The lowest BCUT2D eigenvalue weighted by atomic mass is 9.97.